The van der Waals surface area contributed by atoms with Crippen LogP contribution in [0.25, 0.3) is 0 Å². The van der Waals surface area contributed by atoms with Crippen LogP contribution < -0.4 is 4.90 Å². The van der Waals surface area contributed by atoms with E-state index in [4.69, 9.17) is 14.2 Å². The minimum absolute atomic E-state index is 0.0230. The Morgan fingerprint density at radius 3 is 2.32 bits per heavy atom. The fraction of sp³-hybridized carbons (Fsp3) is 0.724. The number of hydrogen-bond donors (Lipinski definition) is 0. The summed E-state index contributed by atoms with van der Waals surface area (Å²) in [6.45, 7) is 3.56. The molecular formula is C29H38FN3O5. The molecule has 4 saturated heterocycles. The van der Waals surface area contributed by atoms with Gasteiger partial charge in [-0.15, -0.1) is 0 Å². The summed E-state index contributed by atoms with van der Waals surface area (Å²) in [6.07, 6.45) is 9.03. The number of halogens is 1. The molecule has 0 radical (unpaired) electrons. The molecule has 2 bridgehead atoms. The first-order valence-corrected chi connectivity index (χ1v) is 14.6. The second kappa shape index (κ2) is 9.66. The first kappa shape index (κ1) is 24.6. The Kier molecular flexibility index (Phi) is 6.26. The quantitative estimate of drug-likeness (QED) is 0.573. The van der Waals surface area contributed by atoms with E-state index in [0.29, 0.717) is 25.8 Å². The van der Waals surface area contributed by atoms with Crippen molar-refractivity contribution in [2.45, 2.75) is 100.0 Å². The monoisotopic (exact) mass is 527 g/mol. The molecule has 1 spiro atoms. The molecule has 0 N–H and O–H groups in total. The molecule has 1 aliphatic carbocycles. The summed E-state index contributed by atoms with van der Waals surface area (Å²) in [5.41, 5.74) is 1.53. The number of carbonyl (C=O) groups excluding carboxylic acids is 2. The third kappa shape index (κ3) is 4.26. The van der Waals surface area contributed by atoms with Crippen molar-refractivity contribution >= 4 is 17.9 Å². The van der Waals surface area contributed by atoms with Gasteiger partial charge in [0.05, 0.1) is 18.9 Å². The van der Waals surface area contributed by atoms with Gasteiger partial charge in [0.2, 0.25) is 0 Å². The van der Waals surface area contributed by atoms with E-state index in [2.05, 4.69) is 4.90 Å². The molecule has 3 atom stereocenters. The van der Waals surface area contributed by atoms with Gasteiger partial charge in [0.25, 0.3) is 0 Å². The van der Waals surface area contributed by atoms with Crippen LogP contribution in [0.2, 0.25) is 0 Å². The number of rotatable bonds is 3. The van der Waals surface area contributed by atoms with Gasteiger partial charge < -0.3 is 24.0 Å². The van der Waals surface area contributed by atoms with Gasteiger partial charge in [0, 0.05) is 36.5 Å². The highest BCUT2D eigenvalue weighted by atomic mass is 19.1. The van der Waals surface area contributed by atoms with E-state index in [1.807, 2.05) is 4.90 Å². The van der Waals surface area contributed by atoms with E-state index in [1.165, 1.54) is 6.07 Å². The second-order valence-electron chi connectivity index (χ2n) is 12.3. The van der Waals surface area contributed by atoms with Gasteiger partial charge in [-0.2, -0.15) is 0 Å². The minimum atomic E-state index is -0.290. The molecule has 7 rings (SSSR count). The number of anilines is 1. The van der Waals surface area contributed by atoms with E-state index < -0.39 is 0 Å². The van der Waals surface area contributed by atoms with Crippen molar-refractivity contribution in [1.82, 2.24) is 9.80 Å². The molecule has 1 aromatic rings. The lowest BCUT2D eigenvalue weighted by Crippen LogP contribution is -2.56. The van der Waals surface area contributed by atoms with Crippen LogP contribution in [0, 0.1) is 5.82 Å². The van der Waals surface area contributed by atoms with Crippen LogP contribution in [0.15, 0.2) is 18.2 Å². The van der Waals surface area contributed by atoms with E-state index in [1.54, 1.807) is 17.0 Å². The zero-order chi connectivity index (χ0) is 25.9. The normalized spacial score (nSPS) is 32.3. The molecule has 5 heterocycles. The van der Waals surface area contributed by atoms with Crippen molar-refractivity contribution in [1.29, 1.82) is 0 Å². The average Bonchev–Trinajstić information content (AvgIpc) is 3.58. The maximum Gasteiger partial charge on any atom is 0.414 e. The molecular weight excluding hydrogens is 489 g/mol. The van der Waals surface area contributed by atoms with E-state index >= 15 is 0 Å². The number of ether oxygens (including phenoxy) is 3. The fourth-order valence-electron chi connectivity index (χ4n) is 7.80. The molecule has 2 amide bonds. The van der Waals surface area contributed by atoms with Gasteiger partial charge in [-0.3, -0.25) is 4.90 Å². The third-order valence-electron chi connectivity index (χ3n) is 10.2. The Morgan fingerprint density at radius 2 is 1.66 bits per heavy atom. The predicted molar refractivity (Wildman–Crippen MR) is 138 cm³/mol. The Balaban J connectivity index is 1.01. The summed E-state index contributed by atoms with van der Waals surface area (Å²) in [5, 5.41) is 0. The van der Waals surface area contributed by atoms with Gasteiger partial charge in [0.15, 0.2) is 0 Å². The summed E-state index contributed by atoms with van der Waals surface area (Å²) >= 11 is 0. The van der Waals surface area contributed by atoms with Crippen LogP contribution in [0.4, 0.5) is 19.7 Å². The molecule has 1 aromatic carbocycles. The van der Waals surface area contributed by atoms with Gasteiger partial charge in [-0.05, 0) is 94.6 Å². The highest BCUT2D eigenvalue weighted by molar-refractivity contribution is 5.91. The molecule has 38 heavy (non-hydrogen) atoms. The van der Waals surface area contributed by atoms with Crippen molar-refractivity contribution in [3.63, 3.8) is 0 Å². The topological polar surface area (TPSA) is 71.6 Å². The number of carbonyl (C=O) groups is 2. The SMILES string of the molecule is O=C(OC1CCC1)N1CC2(CCN(C3CC4CCC(C3)N4C(=O)O[C@@H]3CCOC3)CC2)c2cc(F)ccc21. The summed E-state index contributed by atoms with van der Waals surface area (Å²) in [5.74, 6) is -0.250. The van der Waals surface area contributed by atoms with E-state index in [0.717, 1.165) is 88.5 Å². The number of hydrogen-bond acceptors (Lipinski definition) is 6. The third-order valence-corrected chi connectivity index (χ3v) is 10.2. The zero-order valence-electron chi connectivity index (χ0n) is 22.0. The van der Waals surface area contributed by atoms with Gasteiger partial charge in [0.1, 0.15) is 18.0 Å². The van der Waals surface area contributed by atoms with Crippen LogP contribution in [-0.4, -0.2) is 85.2 Å². The Labute approximate surface area is 223 Å². The van der Waals surface area contributed by atoms with Crippen molar-refractivity contribution in [3.05, 3.63) is 29.6 Å². The number of likely N-dealkylation sites (tertiary alicyclic amines) is 1. The number of benzene rings is 1. The van der Waals surface area contributed by atoms with Crippen LogP contribution in [-0.2, 0) is 19.6 Å². The fourth-order valence-corrected chi connectivity index (χ4v) is 7.80. The van der Waals surface area contributed by atoms with Crippen LogP contribution in [0.5, 0.6) is 0 Å². The molecule has 206 valence electrons. The van der Waals surface area contributed by atoms with Crippen molar-refractivity contribution in [2.75, 3.05) is 37.7 Å². The van der Waals surface area contributed by atoms with Crippen molar-refractivity contribution < 1.29 is 28.2 Å². The van der Waals surface area contributed by atoms with E-state index in [9.17, 15) is 14.0 Å². The maximum absolute atomic E-state index is 14.4. The van der Waals surface area contributed by atoms with Crippen LogP contribution in [0.3, 0.4) is 0 Å². The summed E-state index contributed by atoms with van der Waals surface area (Å²) in [4.78, 5) is 32.4. The van der Waals surface area contributed by atoms with Crippen molar-refractivity contribution in [3.8, 4) is 0 Å². The highest BCUT2D eigenvalue weighted by Crippen LogP contribution is 2.49. The summed E-state index contributed by atoms with van der Waals surface area (Å²) in [6, 6.07) is 5.76. The molecule has 2 unspecified atom stereocenters. The lowest BCUT2D eigenvalue weighted by atomic mass is 9.73. The zero-order valence-corrected chi connectivity index (χ0v) is 22.0. The van der Waals surface area contributed by atoms with E-state index in [-0.39, 0.29) is 47.7 Å². The summed E-state index contributed by atoms with van der Waals surface area (Å²) < 4.78 is 31.3. The molecule has 0 aromatic heterocycles. The first-order chi connectivity index (χ1) is 18.5. The number of nitrogens with zero attached hydrogens (tertiary/aromatic N) is 3. The van der Waals surface area contributed by atoms with Gasteiger partial charge >= 0.3 is 12.2 Å². The molecule has 1 saturated carbocycles. The maximum atomic E-state index is 14.4. The Morgan fingerprint density at radius 1 is 0.921 bits per heavy atom. The number of fused-ring (bicyclic) bond motifs is 4. The number of amides is 2. The average molecular weight is 528 g/mol. The Bertz CT molecular complexity index is 1070. The highest BCUT2D eigenvalue weighted by Gasteiger charge is 2.50. The largest absolute Gasteiger partial charge is 0.446 e. The number of piperidine rings is 2. The lowest BCUT2D eigenvalue weighted by molar-refractivity contribution is 0.00952. The van der Waals surface area contributed by atoms with Gasteiger partial charge in [-0.1, -0.05) is 0 Å². The predicted octanol–water partition coefficient (Wildman–Crippen LogP) is 4.59. The molecule has 5 fully saturated rings. The molecule has 6 aliphatic rings. The minimum Gasteiger partial charge on any atom is -0.446 e. The lowest BCUT2D eigenvalue weighted by Gasteiger charge is -2.47. The standard InChI is InChI=1S/C29H38FN3O5/c30-19-4-7-26-25(14-19)29(18-32(26)27(34)37-23-2-1-3-23)9-11-31(12-10-29)22-15-20-5-6-21(16-22)33(20)28(35)38-24-8-13-36-17-24/h4,7,14,20-24H,1-3,5-6,8-13,15-18H2/t20?,21?,22?,24-/m1/s1. The summed E-state index contributed by atoms with van der Waals surface area (Å²) in [7, 11) is 0. The molecule has 5 aliphatic heterocycles. The molecule has 8 nitrogen and oxygen atoms in total. The van der Waals surface area contributed by atoms with Crippen LogP contribution >= 0.6 is 0 Å². The van der Waals surface area contributed by atoms with Crippen molar-refractivity contribution in [2.24, 2.45) is 0 Å². The first-order valence-electron chi connectivity index (χ1n) is 14.6. The van der Waals surface area contributed by atoms with Gasteiger partial charge in [-0.25, -0.2) is 14.0 Å². The smallest absolute Gasteiger partial charge is 0.414 e. The van der Waals surface area contributed by atoms with Crippen LogP contribution in [0.1, 0.15) is 69.8 Å². The second-order valence-corrected chi connectivity index (χ2v) is 12.3. The molecule has 9 heteroatoms. The Hall–Kier alpha value is -2.39.